The molecule has 6 heteroatoms. The third-order valence-electron chi connectivity index (χ3n) is 5.67. The standard InChI is InChI=1S/C25H26N4OS/c1-18(2)29(21-8-6-20(7-9-21)28-11-13-30-14-12-28)25-22-16-19(24-4-3-15-31-24)5-10-23(22)26-17-27-25/h3-10,15-18H,11-14H2,1-2H3. The van der Waals surface area contributed by atoms with E-state index >= 15 is 0 Å². The average Bonchev–Trinajstić information content (AvgIpc) is 3.35. The van der Waals surface area contributed by atoms with Crippen LogP contribution in [0.15, 0.2) is 66.3 Å². The van der Waals surface area contributed by atoms with Crippen molar-refractivity contribution in [2.45, 2.75) is 19.9 Å². The Bertz CT molecular complexity index is 1150. The summed E-state index contributed by atoms with van der Waals surface area (Å²) in [7, 11) is 0. The van der Waals surface area contributed by atoms with Crippen LogP contribution in [0.5, 0.6) is 0 Å². The summed E-state index contributed by atoms with van der Waals surface area (Å²) >= 11 is 1.75. The molecule has 0 radical (unpaired) electrons. The van der Waals surface area contributed by atoms with Crippen molar-refractivity contribution in [1.82, 2.24) is 9.97 Å². The molecule has 0 unspecified atom stereocenters. The van der Waals surface area contributed by atoms with Crippen LogP contribution >= 0.6 is 11.3 Å². The Morgan fingerprint density at radius 1 is 1.00 bits per heavy atom. The van der Waals surface area contributed by atoms with Crippen molar-refractivity contribution in [2.24, 2.45) is 0 Å². The molecular weight excluding hydrogens is 404 g/mol. The average molecular weight is 431 g/mol. The molecule has 1 fully saturated rings. The van der Waals surface area contributed by atoms with E-state index in [-0.39, 0.29) is 6.04 Å². The van der Waals surface area contributed by atoms with Crippen LogP contribution in [0.4, 0.5) is 17.2 Å². The lowest BCUT2D eigenvalue weighted by molar-refractivity contribution is 0.122. The third-order valence-corrected chi connectivity index (χ3v) is 6.59. The fourth-order valence-electron chi connectivity index (χ4n) is 4.14. The lowest BCUT2D eigenvalue weighted by atomic mass is 10.1. The van der Waals surface area contributed by atoms with Gasteiger partial charge >= 0.3 is 0 Å². The molecule has 158 valence electrons. The SMILES string of the molecule is CC(C)N(c1ccc(N2CCOCC2)cc1)c1ncnc2ccc(-c3cccs3)cc12. The lowest BCUT2D eigenvalue weighted by Gasteiger charge is -2.31. The number of nitrogens with zero attached hydrogens (tertiary/aromatic N) is 4. The van der Waals surface area contributed by atoms with Gasteiger partial charge in [-0.2, -0.15) is 0 Å². The van der Waals surface area contributed by atoms with Crippen LogP contribution in [-0.2, 0) is 4.74 Å². The largest absolute Gasteiger partial charge is 0.378 e. The van der Waals surface area contributed by atoms with Gasteiger partial charge in [0.2, 0.25) is 0 Å². The number of hydrogen-bond donors (Lipinski definition) is 0. The van der Waals surface area contributed by atoms with Crippen LogP contribution < -0.4 is 9.80 Å². The van der Waals surface area contributed by atoms with Gasteiger partial charge < -0.3 is 14.5 Å². The first kappa shape index (κ1) is 20.0. The van der Waals surface area contributed by atoms with Crippen LogP contribution in [0, 0.1) is 0 Å². The number of hydrogen-bond acceptors (Lipinski definition) is 6. The topological polar surface area (TPSA) is 41.5 Å². The maximum absolute atomic E-state index is 5.49. The fourth-order valence-corrected chi connectivity index (χ4v) is 4.87. The summed E-state index contributed by atoms with van der Waals surface area (Å²) in [5.74, 6) is 0.942. The Morgan fingerprint density at radius 3 is 2.52 bits per heavy atom. The van der Waals surface area contributed by atoms with Gasteiger partial charge in [-0.25, -0.2) is 9.97 Å². The van der Waals surface area contributed by atoms with Crippen LogP contribution in [0.1, 0.15) is 13.8 Å². The number of morpholine rings is 1. The van der Waals surface area contributed by atoms with E-state index in [4.69, 9.17) is 9.72 Å². The second-order valence-corrected chi connectivity index (χ2v) is 8.93. The van der Waals surface area contributed by atoms with E-state index in [1.807, 2.05) is 0 Å². The highest BCUT2D eigenvalue weighted by molar-refractivity contribution is 7.13. The monoisotopic (exact) mass is 430 g/mol. The maximum atomic E-state index is 5.49. The second-order valence-electron chi connectivity index (χ2n) is 7.99. The second kappa shape index (κ2) is 8.65. The molecule has 0 bridgehead atoms. The molecule has 5 rings (SSSR count). The summed E-state index contributed by atoms with van der Waals surface area (Å²) in [6, 6.07) is 19.7. The third kappa shape index (κ3) is 4.01. The minimum absolute atomic E-state index is 0.248. The smallest absolute Gasteiger partial charge is 0.144 e. The number of aromatic nitrogens is 2. The van der Waals surface area contributed by atoms with Crippen LogP contribution in [-0.4, -0.2) is 42.3 Å². The number of ether oxygens (including phenoxy) is 1. The molecule has 2 aromatic carbocycles. The zero-order chi connectivity index (χ0) is 21.2. The van der Waals surface area contributed by atoms with E-state index < -0.39 is 0 Å². The van der Waals surface area contributed by atoms with Crippen molar-refractivity contribution in [3.05, 3.63) is 66.3 Å². The number of fused-ring (bicyclic) bond motifs is 1. The molecule has 1 aliphatic heterocycles. The summed E-state index contributed by atoms with van der Waals surface area (Å²) in [6.45, 7) is 7.86. The van der Waals surface area contributed by atoms with Gasteiger partial charge in [0.15, 0.2) is 0 Å². The van der Waals surface area contributed by atoms with E-state index in [0.717, 1.165) is 48.7 Å². The van der Waals surface area contributed by atoms with Gasteiger partial charge in [0, 0.05) is 40.8 Å². The molecule has 0 amide bonds. The number of anilines is 3. The van der Waals surface area contributed by atoms with Gasteiger partial charge in [0.1, 0.15) is 12.1 Å². The van der Waals surface area contributed by atoms with Gasteiger partial charge in [0.05, 0.1) is 18.7 Å². The summed E-state index contributed by atoms with van der Waals surface area (Å²) in [5.41, 5.74) is 4.53. The first-order valence-electron chi connectivity index (χ1n) is 10.7. The molecule has 5 nitrogen and oxygen atoms in total. The van der Waals surface area contributed by atoms with Gasteiger partial charge in [-0.1, -0.05) is 12.1 Å². The molecule has 3 heterocycles. The normalized spacial score (nSPS) is 14.4. The Labute approximate surface area is 186 Å². The zero-order valence-corrected chi connectivity index (χ0v) is 18.7. The molecule has 0 spiro atoms. The number of rotatable bonds is 5. The van der Waals surface area contributed by atoms with Gasteiger partial charge in [0.25, 0.3) is 0 Å². The van der Waals surface area contributed by atoms with Crippen molar-refractivity contribution >= 4 is 39.4 Å². The zero-order valence-electron chi connectivity index (χ0n) is 17.9. The van der Waals surface area contributed by atoms with Crippen molar-refractivity contribution < 1.29 is 4.74 Å². The molecule has 0 saturated carbocycles. The van der Waals surface area contributed by atoms with Crippen LogP contribution in [0.2, 0.25) is 0 Å². The molecule has 1 aliphatic rings. The number of benzene rings is 2. The van der Waals surface area contributed by atoms with E-state index in [9.17, 15) is 0 Å². The first-order valence-corrected chi connectivity index (χ1v) is 11.6. The lowest BCUT2D eigenvalue weighted by Crippen LogP contribution is -2.36. The first-order chi connectivity index (χ1) is 15.2. The molecular formula is C25H26N4OS. The highest BCUT2D eigenvalue weighted by Crippen LogP contribution is 2.35. The van der Waals surface area contributed by atoms with Crippen molar-refractivity contribution in [3.8, 4) is 10.4 Å². The Balaban J connectivity index is 1.55. The Morgan fingerprint density at radius 2 is 1.81 bits per heavy atom. The highest BCUT2D eigenvalue weighted by atomic mass is 32.1. The van der Waals surface area contributed by atoms with Crippen molar-refractivity contribution in [2.75, 3.05) is 36.1 Å². The summed E-state index contributed by atoms with van der Waals surface area (Å²) in [4.78, 5) is 15.2. The van der Waals surface area contributed by atoms with Gasteiger partial charge in [-0.05, 0) is 67.3 Å². The van der Waals surface area contributed by atoms with Crippen molar-refractivity contribution in [3.63, 3.8) is 0 Å². The summed E-state index contributed by atoms with van der Waals surface area (Å²) < 4.78 is 5.49. The minimum Gasteiger partial charge on any atom is -0.378 e. The van der Waals surface area contributed by atoms with Gasteiger partial charge in [-0.3, -0.25) is 0 Å². The predicted molar refractivity (Wildman–Crippen MR) is 130 cm³/mol. The van der Waals surface area contributed by atoms with E-state index in [1.54, 1.807) is 17.7 Å². The molecule has 4 aromatic rings. The highest BCUT2D eigenvalue weighted by Gasteiger charge is 2.19. The van der Waals surface area contributed by atoms with Crippen LogP contribution in [0.25, 0.3) is 21.3 Å². The molecule has 0 N–H and O–H groups in total. The summed E-state index contributed by atoms with van der Waals surface area (Å²) in [5, 5.41) is 3.18. The molecule has 0 aliphatic carbocycles. The fraction of sp³-hybridized carbons (Fsp3) is 0.280. The summed E-state index contributed by atoms with van der Waals surface area (Å²) in [6.07, 6.45) is 1.67. The number of thiophene rings is 1. The minimum atomic E-state index is 0.248. The van der Waals surface area contributed by atoms with Gasteiger partial charge in [-0.15, -0.1) is 11.3 Å². The molecule has 1 saturated heterocycles. The predicted octanol–water partition coefficient (Wildman–Crippen LogP) is 5.74. The Hall–Kier alpha value is -2.96. The maximum Gasteiger partial charge on any atom is 0.144 e. The molecule has 2 aromatic heterocycles. The van der Waals surface area contributed by atoms with Crippen molar-refractivity contribution in [1.29, 1.82) is 0 Å². The van der Waals surface area contributed by atoms with E-state index in [1.165, 1.54) is 16.1 Å². The van der Waals surface area contributed by atoms with E-state index in [2.05, 4.69) is 88.6 Å². The van der Waals surface area contributed by atoms with E-state index in [0.29, 0.717) is 0 Å². The molecule has 31 heavy (non-hydrogen) atoms. The van der Waals surface area contributed by atoms with Crippen LogP contribution in [0.3, 0.4) is 0 Å². The Kier molecular flexibility index (Phi) is 5.57. The quantitative estimate of drug-likeness (QED) is 0.404. The molecule has 0 atom stereocenters.